The Morgan fingerprint density at radius 1 is 0.449 bits per heavy atom. The second kappa shape index (κ2) is 41.1. The number of ketones is 2. The Kier molecular flexibility index (Phi) is 29.4. The van der Waals surface area contributed by atoms with Gasteiger partial charge in [-0.1, -0.05) is 268 Å². The summed E-state index contributed by atoms with van der Waals surface area (Å²) in [5, 5.41) is 35.4. The topological polar surface area (TPSA) is 126 Å². The molecule has 2 fully saturated rings. The minimum absolute atomic E-state index is 0. The number of allylic oxidation sites excluding steroid dienone is 4. The molecule has 13 aromatic carbocycles. The number of hydrogen-bond acceptors (Lipinski definition) is 9. The average Bonchev–Trinajstić information content (AvgIpc) is 1.36. The van der Waals surface area contributed by atoms with Crippen molar-refractivity contribution in [3.63, 3.8) is 0 Å². The van der Waals surface area contributed by atoms with Gasteiger partial charge in [0.05, 0.1) is 32.7 Å². The van der Waals surface area contributed by atoms with Gasteiger partial charge in [-0.05, 0) is 198 Å². The fourth-order valence-corrected chi connectivity index (χ4v) is 19.1. The van der Waals surface area contributed by atoms with E-state index < -0.39 is 11.6 Å². The number of benzene rings is 13. The molecule has 5 aromatic heterocycles. The van der Waals surface area contributed by atoms with Crippen LogP contribution in [0.15, 0.2) is 328 Å². The van der Waals surface area contributed by atoms with Crippen LogP contribution < -0.4 is 9.30 Å². The first-order valence-corrected chi connectivity index (χ1v) is 43.8. The summed E-state index contributed by atoms with van der Waals surface area (Å²) in [6.45, 7) is 8.84. The van der Waals surface area contributed by atoms with Gasteiger partial charge in [0.25, 0.3) is 12.2 Å². The molecule has 9 nitrogen and oxygen atoms in total. The van der Waals surface area contributed by atoms with E-state index in [2.05, 4.69) is 257 Å². The summed E-state index contributed by atoms with van der Waals surface area (Å²) in [6.07, 6.45) is 18.4. The van der Waals surface area contributed by atoms with Gasteiger partial charge < -0.3 is 14.9 Å². The molecule has 0 atom stereocenters. The van der Waals surface area contributed by atoms with Crippen molar-refractivity contribution >= 4 is 119 Å². The molecule has 0 amide bonds. The number of para-hydroxylation sites is 1. The first kappa shape index (κ1) is 91.0. The zero-order valence-electron chi connectivity index (χ0n) is 71.8. The quantitative estimate of drug-likeness (QED) is 0.0431. The molecular weight excluding hydrogens is 1950 g/mol. The Bertz CT molecular complexity index is 7020. The van der Waals surface area contributed by atoms with E-state index in [0.29, 0.717) is 29.8 Å². The molecule has 642 valence electrons. The number of rotatable bonds is 11. The summed E-state index contributed by atoms with van der Waals surface area (Å²) in [4.78, 5) is 34.0. The molecule has 6 heterocycles. The van der Waals surface area contributed by atoms with Crippen molar-refractivity contribution in [2.24, 2.45) is 5.41 Å². The molecule has 0 bridgehead atoms. The van der Waals surface area contributed by atoms with Gasteiger partial charge in [0.1, 0.15) is 0 Å². The molecule has 0 unspecified atom stereocenters. The van der Waals surface area contributed by atoms with Crippen molar-refractivity contribution in [1.82, 2.24) is 15.0 Å². The van der Waals surface area contributed by atoms with Crippen molar-refractivity contribution < 1.29 is 82.5 Å². The normalized spacial score (nSPS) is 13.5. The molecule has 2 radical (unpaired) electrons. The van der Waals surface area contributed by atoms with Gasteiger partial charge in [0.15, 0.2) is 23.5 Å². The number of fused-ring (bicyclic) bond motifs is 9. The summed E-state index contributed by atoms with van der Waals surface area (Å²) in [6, 6.07) is 106. The second-order valence-corrected chi connectivity index (χ2v) is 34.5. The van der Waals surface area contributed by atoms with Crippen LogP contribution in [0.25, 0.3) is 152 Å². The van der Waals surface area contributed by atoms with Crippen LogP contribution in [0.4, 0.5) is 13.2 Å². The summed E-state index contributed by atoms with van der Waals surface area (Å²) >= 11 is 1.83. The number of alkyl halides is 3. The van der Waals surface area contributed by atoms with E-state index in [4.69, 9.17) is 19.9 Å². The Labute approximate surface area is 770 Å². The standard InChI is InChI=1S/C45H27NS.C26H27F3N.C21H20N.C10H8NO.2C5H8O2.2Ir/c1-3-11-30-25-32(19-17-28(30)9-1)42-36-14-5-6-15-37(36)43(33-20-18-29-10-2-4-12-31(29)26-33)40-27-34(21-22-38(40)42)44-45-39(23-24-46-44)35-13-7-8-16-41(35)47-45;1-25(2,26(27,28)29)17-18-12-13-30-24(14-18)21-15-20-10-6-7-11-22(20)23(16-21)19-8-4-3-5-9-19;1-2-8-16(9-3-1)20-15-18(21-12-6-7-13-22-21)14-17-10-4-5-11-19(17)20;1-3-8-4-2-6-11-7-12-9(5-1)10(8)11;2*1-4(6)3-5(2)7;;/h1-27H;6-7,10-14,16,19H,3-5,8-9,17H2,1-2H3;4-7,10-13,15-16H,1-3,8-9H2;1-6H,7H2;2*3,6H,1-2H3;;/q;2*-1;+1;;;;. The van der Waals surface area contributed by atoms with Gasteiger partial charge in [-0.3, -0.25) is 24.5 Å². The smallest absolute Gasteiger partial charge is 0.394 e. The second-order valence-electron chi connectivity index (χ2n) is 33.4. The van der Waals surface area contributed by atoms with Gasteiger partial charge in [-0.25, -0.2) is 0 Å². The number of aliphatic hydroxyl groups is 2. The molecular formula is C112H98F3Ir2N4O5S-. The number of aromatic nitrogens is 4. The number of carbonyl (C=O) groups excluding carboxylic acids is 2. The molecule has 127 heavy (non-hydrogen) atoms. The molecule has 2 N–H and O–H groups in total. The number of ether oxygens (including phenoxy) is 1. The molecule has 1 aliphatic heterocycles. The van der Waals surface area contributed by atoms with Crippen molar-refractivity contribution in [3.05, 3.63) is 356 Å². The predicted octanol–water partition coefficient (Wildman–Crippen LogP) is 30.2. The number of aliphatic hydroxyl groups excluding tert-OH is 2. The van der Waals surface area contributed by atoms with Gasteiger partial charge >= 0.3 is 6.18 Å². The Morgan fingerprint density at radius 2 is 0.929 bits per heavy atom. The maximum Gasteiger partial charge on any atom is 0.394 e. The van der Waals surface area contributed by atoms with Crippen LogP contribution in [-0.2, 0) is 63.0 Å². The van der Waals surface area contributed by atoms with E-state index in [1.165, 1.54) is 242 Å². The third kappa shape index (κ3) is 21.1. The number of hydrogen-bond donors (Lipinski definition) is 2. The van der Waals surface area contributed by atoms with Crippen molar-refractivity contribution in [2.45, 2.75) is 137 Å². The fraction of sp³-hybridized carbons (Fsp3) is 0.196. The van der Waals surface area contributed by atoms with Crippen LogP contribution in [0, 0.1) is 17.5 Å². The zero-order chi connectivity index (χ0) is 86.7. The van der Waals surface area contributed by atoms with Crippen molar-refractivity contribution in [3.8, 4) is 61.8 Å². The summed E-state index contributed by atoms with van der Waals surface area (Å²) < 4.78 is 50.2. The Balaban J connectivity index is 0.000000140. The van der Waals surface area contributed by atoms with E-state index in [9.17, 15) is 22.8 Å². The minimum Gasteiger partial charge on any atom is -0.512 e. The fourth-order valence-electron chi connectivity index (χ4n) is 17.9. The Hall–Kier alpha value is -12.2. The zero-order valence-corrected chi connectivity index (χ0v) is 77.4. The molecule has 18 aromatic rings. The summed E-state index contributed by atoms with van der Waals surface area (Å²) in [5.41, 5.74) is 13.7. The van der Waals surface area contributed by atoms with Crippen LogP contribution in [-0.4, -0.2) is 42.9 Å². The molecule has 2 aliphatic carbocycles. The molecule has 0 spiro atoms. The number of nitrogens with zero attached hydrogens (tertiary/aromatic N) is 4. The first-order valence-electron chi connectivity index (χ1n) is 43.0. The largest absolute Gasteiger partial charge is 0.512 e. The van der Waals surface area contributed by atoms with E-state index in [1.54, 1.807) is 18.3 Å². The average molecular weight is 2050 g/mol. The van der Waals surface area contributed by atoms with E-state index in [0.717, 1.165) is 39.2 Å². The monoisotopic (exact) mass is 2050 g/mol. The van der Waals surface area contributed by atoms with Crippen LogP contribution in [0.2, 0.25) is 0 Å². The van der Waals surface area contributed by atoms with Gasteiger partial charge in [-0.15, -0.1) is 69.6 Å². The minimum atomic E-state index is -4.25. The van der Waals surface area contributed by atoms with E-state index >= 15 is 0 Å². The van der Waals surface area contributed by atoms with Gasteiger partial charge in [0.2, 0.25) is 0 Å². The van der Waals surface area contributed by atoms with Gasteiger partial charge in [-0.2, -0.15) is 17.7 Å². The Morgan fingerprint density at radius 3 is 1.48 bits per heavy atom. The number of halogens is 3. The maximum absolute atomic E-state index is 13.4. The van der Waals surface area contributed by atoms with Crippen molar-refractivity contribution in [2.75, 3.05) is 0 Å². The van der Waals surface area contributed by atoms with Crippen LogP contribution in [0.5, 0.6) is 5.75 Å². The number of pyridine rings is 4. The molecule has 21 rings (SSSR count). The van der Waals surface area contributed by atoms with E-state index in [1.807, 2.05) is 66.3 Å². The summed E-state index contributed by atoms with van der Waals surface area (Å²) in [7, 11) is 0. The number of carbonyl (C=O) groups is 2. The molecule has 3 aliphatic rings. The molecule has 2 saturated carbocycles. The third-order valence-corrected chi connectivity index (χ3v) is 25.1. The van der Waals surface area contributed by atoms with E-state index in [-0.39, 0.29) is 69.7 Å². The SMILES string of the molecule is CC(=O)C=C(C)O.CC(=O)C=C(C)O.CC(C)(Cc1ccnc(-c2[c-]c3ccccc3c(C3CCCCC3)c2)c1)C(F)(F)F.[Ir].[Ir].[c-]1c(-c2ccccn2)cc(C2CCCCC2)c2ccccc12.c1cc2c3c(c1)ccc[n+]3CO2.c1ccc2cc(-c3c4ccccc4c(-c4ccc5ccccc5c4)c4cc(-c5nccc6c5sc5ccccc56)ccc34)ccc2c1. The predicted molar refractivity (Wildman–Crippen MR) is 510 cm³/mol. The number of thiophene rings is 1. The molecule has 15 heteroatoms. The summed E-state index contributed by atoms with van der Waals surface area (Å²) in [5.74, 6) is 2.08. The maximum atomic E-state index is 13.4. The van der Waals surface area contributed by atoms with Gasteiger partial charge in [0, 0.05) is 109 Å². The van der Waals surface area contributed by atoms with Crippen LogP contribution in [0.3, 0.4) is 0 Å². The van der Waals surface area contributed by atoms with Crippen LogP contribution in [0.1, 0.15) is 134 Å². The van der Waals surface area contributed by atoms with Crippen molar-refractivity contribution in [1.29, 1.82) is 0 Å². The van der Waals surface area contributed by atoms with Crippen LogP contribution >= 0.6 is 11.3 Å². The molecule has 0 saturated heterocycles. The first-order chi connectivity index (χ1) is 60.7. The third-order valence-electron chi connectivity index (χ3n) is 23.9.